The highest BCUT2D eigenvalue weighted by Crippen LogP contribution is 2.02. The first-order valence-corrected chi connectivity index (χ1v) is 5.10. The monoisotopic (exact) mass is 173 g/mol. The lowest BCUT2D eigenvalue weighted by Gasteiger charge is -2.14. The van der Waals surface area contributed by atoms with Crippen molar-refractivity contribution in [2.45, 2.75) is 39.0 Å². The Morgan fingerprint density at radius 2 is 1.67 bits per heavy atom. The molecule has 74 valence electrons. The summed E-state index contributed by atoms with van der Waals surface area (Å²) in [5.41, 5.74) is 0. The lowest BCUT2D eigenvalue weighted by Crippen LogP contribution is -2.23. The zero-order chi connectivity index (χ0) is 9.23. The van der Waals surface area contributed by atoms with Gasteiger partial charge in [-0.05, 0) is 20.0 Å². The van der Waals surface area contributed by atoms with Gasteiger partial charge in [-0.3, -0.25) is 0 Å². The van der Waals surface area contributed by atoms with Crippen LogP contribution in [-0.4, -0.2) is 36.8 Å². The third-order valence-electron chi connectivity index (χ3n) is 2.13. The molecule has 0 bridgehead atoms. The maximum atomic E-state index is 8.64. The first-order chi connectivity index (χ1) is 5.81. The summed E-state index contributed by atoms with van der Waals surface area (Å²) in [4.78, 5) is 2.19. The Hall–Kier alpha value is -0.0800. The molecule has 0 spiro atoms. The van der Waals surface area contributed by atoms with Crippen LogP contribution < -0.4 is 0 Å². The van der Waals surface area contributed by atoms with Crippen LogP contribution in [0.15, 0.2) is 0 Å². The third kappa shape index (κ3) is 8.02. The molecule has 1 N–H and O–H groups in total. The fourth-order valence-electron chi connectivity index (χ4n) is 1.27. The number of hydrogen-bond donors (Lipinski definition) is 1. The molecule has 0 aromatic rings. The number of nitrogens with zero attached hydrogens (tertiary/aromatic N) is 1. The van der Waals surface area contributed by atoms with Crippen molar-refractivity contribution >= 4 is 0 Å². The average Bonchev–Trinajstić information content (AvgIpc) is 2.05. The van der Waals surface area contributed by atoms with E-state index in [1.807, 2.05) is 0 Å². The van der Waals surface area contributed by atoms with Gasteiger partial charge in [-0.2, -0.15) is 0 Å². The highest BCUT2D eigenvalue weighted by atomic mass is 16.3. The summed E-state index contributed by atoms with van der Waals surface area (Å²) < 4.78 is 0. The first-order valence-electron chi connectivity index (χ1n) is 5.10. The summed E-state index contributed by atoms with van der Waals surface area (Å²) in [6, 6.07) is 0. The minimum atomic E-state index is 0.283. The van der Waals surface area contributed by atoms with Crippen molar-refractivity contribution in [3.8, 4) is 0 Å². The molecular weight excluding hydrogens is 150 g/mol. The quantitative estimate of drug-likeness (QED) is 0.566. The lowest BCUT2D eigenvalue weighted by atomic mass is 10.1. The second kappa shape index (κ2) is 9.01. The zero-order valence-corrected chi connectivity index (χ0v) is 8.55. The highest BCUT2D eigenvalue weighted by Gasteiger charge is 1.95. The van der Waals surface area contributed by atoms with Crippen molar-refractivity contribution < 1.29 is 5.11 Å². The predicted octanol–water partition coefficient (Wildman–Crippen LogP) is 1.88. The molecule has 0 heterocycles. The van der Waals surface area contributed by atoms with Crippen LogP contribution in [0.4, 0.5) is 0 Å². The Labute approximate surface area is 76.6 Å². The SMILES string of the molecule is CCCCCCCN(C)CCO. The molecule has 2 nitrogen and oxygen atoms in total. The van der Waals surface area contributed by atoms with E-state index in [1.165, 1.54) is 32.1 Å². The summed E-state index contributed by atoms with van der Waals surface area (Å²) in [7, 11) is 2.07. The molecule has 0 aliphatic heterocycles. The summed E-state index contributed by atoms with van der Waals surface area (Å²) in [6.45, 7) is 4.46. The zero-order valence-electron chi connectivity index (χ0n) is 8.55. The predicted molar refractivity (Wildman–Crippen MR) is 53.3 cm³/mol. The molecule has 0 unspecified atom stereocenters. The first kappa shape index (κ1) is 11.9. The summed E-state index contributed by atoms with van der Waals surface area (Å²) in [5, 5.41) is 8.64. The Morgan fingerprint density at radius 1 is 1.00 bits per heavy atom. The van der Waals surface area contributed by atoms with E-state index in [4.69, 9.17) is 5.11 Å². The summed E-state index contributed by atoms with van der Waals surface area (Å²) >= 11 is 0. The van der Waals surface area contributed by atoms with Crippen LogP contribution >= 0.6 is 0 Å². The van der Waals surface area contributed by atoms with Gasteiger partial charge in [0.25, 0.3) is 0 Å². The smallest absolute Gasteiger partial charge is 0.0558 e. The number of aliphatic hydroxyl groups is 1. The fourth-order valence-corrected chi connectivity index (χ4v) is 1.27. The van der Waals surface area contributed by atoms with E-state index in [2.05, 4.69) is 18.9 Å². The standard InChI is InChI=1S/C10H23NO/c1-3-4-5-6-7-8-11(2)9-10-12/h12H,3-10H2,1-2H3. The van der Waals surface area contributed by atoms with Crippen molar-refractivity contribution in [1.29, 1.82) is 0 Å². The molecule has 0 atom stereocenters. The third-order valence-corrected chi connectivity index (χ3v) is 2.13. The van der Waals surface area contributed by atoms with Crippen molar-refractivity contribution in [3.63, 3.8) is 0 Å². The van der Waals surface area contributed by atoms with Gasteiger partial charge in [-0.1, -0.05) is 32.6 Å². The van der Waals surface area contributed by atoms with Crippen LogP contribution in [0.5, 0.6) is 0 Å². The molecule has 0 radical (unpaired) electrons. The molecule has 0 saturated heterocycles. The van der Waals surface area contributed by atoms with Gasteiger partial charge in [-0.15, -0.1) is 0 Å². The van der Waals surface area contributed by atoms with E-state index in [1.54, 1.807) is 0 Å². The maximum absolute atomic E-state index is 8.64. The van der Waals surface area contributed by atoms with Gasteiger partial charge in [0.05, 0.1) is 6.61 Å². The van der Waals surface area contributed by atoms with E-state index in [0.29, 0.717) is 0 Å². The van der Waals surface area contributed by atoms with E-state index in [0.717, 1.165) is 13.1 Å². The van der Waals surface area contributed by atoms with Gasteiger partial charge in [0.15, 0.2) is 0 Å². The van der Waals surface area contributed by atoms with Crippen LogP contribution in [0.25, 0.3) is 0 Å². The number of rotatable bonds is 8. The topological polar surface area (TPSA) is 23.5 Å². The molecule has 0 aliphatic rings. The molecule has 0 aliphatic carbocycles. The van der Waals surface area contributed by atoms with Gasteiger partial charge in [0.1, 0.15) is 0 Å². The lowest BCUT2D eigenvalue weighted by molar-refractivity contribution is 0.219. The molecule has 12 heavy (non-hydrogen) atoms. The second-order valence-corrected chi connectivity index (χ2v) is 3.44. The number of aliphatic hydroxyl groups excluding tert-OH is 1. The molecule has 0 rings (SSSR count). The van der Waals surface area contributed by atoms with Gasteiger partial charge < -0.3 is 10.0 Å². The highest BCUT2D eigenvalue weighted by molar-refractivity contribution is 4.50. The van der Waals surface area contributed by atoms with Crippen LogP contribution in [0.2, 0.25) is 0 Å². The molecular formula is C10H23NO. The van der Waals surface area contributed by atoms with E-state index < -0.39 is 0 Å². The Bertz CT molecular complexity index is 85.9. The molecule has 0 aromatic carbocycles. The Morgan fingerprint density at radius 3 is 2.25 bits per heavy atom. The van der Waals surface area contributed by atoms with Crippen LogP contribution in [-0.2, 0) is 0 Å². The summed E-state index contributed by atoms with van der Waals surface area (Å²) in [5.74, 6) is 0. The minimum absolute atomic E-state index is 0.283. The number of unbranched alkanes of at least 4 members (excludes halogenated alkanes) is 4. The van der Waals surface area contributed by atoms with Crippen LogP contribution in [0.3, 0.4) is 0 Å². The minimum Gasteiger partial charge on any atom is -0.395 e. The summed E-state index contributed by atoms with van der Waals surface area (Å²) in [6.07, 6.45) is 6.65. The maximum Gasteiger partial charge on any atom is 0.0558 e. The van der Waals surface area contributed by atoms with Gasteiger partial charge >= 0.3 is 0 Å². The van der Waals surface area contributed by atoms with Crippen LogP contribution in [0.1, 0.15) is 39.0 Å². The molecule has 0 aromatic heterocycles. The average molecular weight is 173 g/mol. The van der Waals surface area contributed by atoms with E-state index >= 15 is 0 Å². The van der Waals surface area contributed by atoms with E-state index in [-0.39, 0.29) is 6.61 Å². The Balaban J connectivity index is 2.97. The van der Waals surface area contributed by atoms with Crippen LogP contribution in [0, 0.1) is 0 Å². The number of hydrogen-bond acceptors (Lipinski definition) is 2. The molecule has 0 fully saturated rings. The van der Waals surface area contributed by atoms with E-state index in [9.17, 15) is 0 Å². The molecule has 0 saturated carbocycles. The largest absolute Gasteiger partial charge is 0.395 e. The normalized spacial score (nSPS) is 11.0. The van der Waals surface area contributed by atoms with Crippen molar-refractivity contribution in [3.05, 3.63) is 0 Å². The van der Waals surface area contributed by atoms with Crippen molar-refractivity contribution in [1.82, 2.24) is 4.90 Å². The fraction of sp³-hybridized carbons (Fsp3) is 1.00. The van der Waals surface area contributed by atoms with Gasteiger partial charge in [0, 0.05) is 6.54 Å². The molecule has 2 heteroatoms. The number of likely N-dealkylation sites (N-methyl/N-ethyl adjacent to an activating group) is 1. The van der Waals surface area contributed by atoms with Crippen molar-refractivity contribution in [2.24, 2.45) is 0 Å². The van der Waals surface area contributed by atoms with Crippen molar-refractivity contribution in [2.75, 3.05) is 26.7 Å². The Kier molecular flexibility index (Phi) is 8.95. The van der Waals surface area contributed by atoms with Gasteiger partial charge in [-0.25, -0.2) is 0 Å². The van der Waals surface area contributed by atoms with Gasteiger partial charge in [0.2, 0.25) is 0 Å². The second-order valence-electron chi connectivity index (χ2n) is 3.44. The molecule has 0 amide bonds.